The van der Waals surface area contributed by atoms with Gasteiger partial charge in [0, 0.05) is 44.8 Å². The molecule has 1 N–H and O–H groups in total. The first-order valence-electron chi connectivity index (χ1n) is 7.55. The highest BCUT2D eigenvalue weighted by atomic mass is 19.3. The van der Waals surface area contributed by atoms with E-state index >= 15 is 0 Å². The van der Waals surface area contributed by atoms with Crippen LogP contribution >= 0.6 is 0 Å². The summed E-state index contributed by atoms with van der Waals surface area (Å²) >= 11 is 0. The zero-order chi connectivity index (χ0) is 17.1. The molecule has 1 fully saturated rings. The molecule has 1 saturated heterocycles. The Morgan fingerprint density at radius 2 is 2.04 bits per heavy atom. The Hall–Kier alpha value is -2.55. The van der Waals surface area contributed by atoms with Gasteiger partial charge in [-0.05, 0) is 12.1 Å². The number of hydrogen-bond acceptors (Lipinski definition) is 4. The maximum absolute atomic E-state index is 12.8. The molecule has 0 saturated carbocycles. The van der Waals surface area contributed by atoms with E-state index in [-0.39, 0.29) is 11.5 Å². The summed E-state index contributed by atoms with van der Waals surface area (Å²) in [7, 11) is 0. The van der Waals surface area contributed by atoms with Gasteiger partial charge in [-0.15, -0.1) is 0 Å². The van der Waals surface area contributed by atoms with Crippen LogP contribution in [-0.2, 0) is 6.54 Å². The zero-order valence-corrected chi connectivity index (χ0v) is 12.9. The molecule has 0 bridgehead atoms. The Balaban J connectivity index is 1.60. The fourth-order valence-electron chi connectivity index (χ4n) is 2.71. The van der Waals surface area contributed by atoms with Crippen molar-refractivity contribution in [1.82, 2.24) is 24.3 Å². The number of halogens is 2. The lowest BCUT2D eigenvalue weighted by molar-refractivity contribution is 0.0554. The van der Waals surface area contributed by atoms with Crippen LogP contribution in [0.4, 0.5) is 8.78 Å². The topological polar surface area (TPSA) is 74.2 Å². The quantitative estimate of drug-likeness (QED) is 0.900. The monoisotopic (exact) mass is 337 g/mol. The molecule has 7 nitrogen and oxygen atoms in total. The summed E-state index contributed by atoms with van der Waals surface area (Å²) in [4.78, 5) is 34.0. The summed E-state index contributed by atoms with van der Waals surface area (Å²) in [5.74, 6) is -0.0186. The minimum atomic E-state index is -2.62. The molecule has 24 heavy (non-hydrogen) atoms. The van der Waals surface area contributed by atoms with Gasteiger partial charge in [-0.25, -0.2) is 4.98 Å². The van der Waals surface area contributed by atoms with Crippen molar-refractivity contribution in [1.29, 1.82) is 0 Å². The Morgan fingerprint density at radius 3 is 2.71 bits per heavy atom. The average Bonchev–Trinajstić information content (AvgIpc) is 3.04. The standard InChI is InChI=1S/C15H17F2N5O2/c16-15(17)22-5-4-18-12(22)10-20-6-8-21(9-7-20)14(24)11-2-1-3-19-13(11)23/h1-5,15H,6-10H2,(H,19,23). The number of carbonyl (C=O) groups is 1. The van der Waals surface area contributed by atoms with Crippen LogP contribution in [0.5, 0.6) is 0 Å². The number of aromatic nitrogens is 3. The van der Waals surface area contributed by atoms with E-state index in [9.17, 15) is 18.4 Å². The lowest BCUT2D eigenvalue weighted by atomic mass is 10.2. The number of carbonyl (C=O) groups excluding carboxylic acids is 1. The van der Waals surface area contributed by atoms with Crippen molar-refractivity contribution in [3.8, 4) is 0 Å². The van der Waals surface area contributed by atoms with Gasteiger partial charge in [-0.3, -0.25) is 19.1 Å². The number of hydrogen-bond donors (Lipinski definition) is 1. The van der Waals surface area contributed by atoms with Gasteiger partial charge in [0.05, 0.1) is 6.54 Å². The van der Waals surface area contributed by atoms with Crippen LogP contribution in [0, 0.1) is 0 Å². The summed E-state index contributed by atoms with van der Waals surface area (Å²) in [5, 5.41) is 0. The molecule has 1 aliphatic heterocycles. The van der Waals surface area contributed by atoms with E-state index in [1.165, 1.54) is 24.7 Å². The number of H-pyrrole nitrogens is 1. The second kappa shape index (κ2) is 6.91. The number of imidazole rings is 1. The molecule has 2 aromatic rings. The summed E-state index contributed by atoms with van der Waals surface area (Å²) < 4.78 is 26.5. The molecule has 3 heterocycles. The predicted molar refractivity (Wildman–Crippen MR) is 81.7 cm³/mol. The molecule has 0 unspecified atom stereocenters. The van der Waals surface area contributed by atoms with Crippen LogP contribution in [0.1, 0.15) is 22.7 Å². The Labute approximate surface area is 136 Å². The molecule has 2 aromatic heterocycles. The molecule has 1 aliphatic rings. The van der Waals surface area contributed by atoms with Crippen molar-refractivity contribution in [3.05, 3.63) is 52.5 Å². The third kappa shape index (κ3) is 3.35. The summed E-state index contributed by atoms with van der Waals surface area (Å²) in [6, 6.07) is 3.10. The molecule has 0 aliphatic carbocycles. The van der Waals surface area contributed by atoms with Crippen LogP contribution in [0.3, 0.4) is 0 Å². The number of nitrogens with one attached hydrogen (secondary N) is 1. The van der Waals surface area contributed by atoms with Crippen molar-refractivity contribution >= 4 is 5.91 Å². The fourth-order valence-corrected chi connectivity index (χ4v) is 2.71. The van der Waals surface area contributed by atoms with E-state index in [1.54, 1.807) is 11.0 Å². The Kier molecular flexibility index (Phi) is 4.70. The predicted octanol–water partition coefficient (Wildman–Crippen LogP) is 0.924. The van der Waals surface area contributed by atoms with E-state index in [0.717, 1.165) is 4.57 Å². The minimum Gasteiger partial charge on any atom is -0.336 e. The second-order valence-electron chi connectivity index (χ2n) is 5.51. The molecule has 0 atom stereocenters. The normalized spacial score (nSPS) is 15.9. The smallest absolute Gasteiger partial charge is 0.319 e. The van der Waals surface area contributed by atoms with Crippen LogP contribution in [0.15, 0.2) is 35.5 Å². The molecular formula is C15H17F2N5O2. The van der Waals surface area contributed by atoms with Gasteiger partial charge >= 0.3 is 6.55 Å². The highest BCUT2D eigenvalue weighted by molar-refractivity contribution is 5.93. The van der Waals surface area contributed by atoms with E-state index < -0.39 is 12.1 Å². The maximum Gasteiger partial charge on any atom is 0.319 e. The van der Waals surface area contributed by atoms with Gasteiger partial charge in [0.2, 0.25) is 0 Å². The van der Waals surface area contributed by atoms with E-state index in [0.29, 0.717) is 38.5 Å². The number of amides is 1. The van der Waals surface area contributed by atoms with E-state index in [2.05, 4.69) is 9.97 Å². The van der Waals surface area contributed by atoms with E-state index in [1.807, 2.05) is 4.90 Å². The molecule has 3 rings (SSSR count). The molecule has 0 radical (unpaired) electrons. The molecule has 0 aromatic carbocycles. The zero-order valence-electron chi connectivity index (χ0n) is 12.9. The lowest BCUT2D eigenvalue weighted by Gasteiger charge is -2.34. The molecule has 0 spiro atoms. The largest absolute Gasteiger partial charge is 0.336 e. The van der Waals surface area contributed by atoms with Crippen molar-refractivity contribution < 1.29 is 13.6 Å². The molecular weight excluding hydrogens is 320 g/mol. The summed E-state index contributed by atoms with van der Waals surface area (Å²) in [5.41, 5.74) is -0.303. The van der Waals surface area contributed by atoms with Gasteiger partial charge in [0.15, 0.2) is 0 Å². The molecule has 128 valence electrons. The summed E-state index contributed by atoms with van der Waals surface area (Å²) in [6.45, 7) is -0.384. The van der Waals surface area contributed by atoms with Crippen LogP contribution in [0.25, 0.3) is 0 Å². The first kappa shape index (κ1) is 16.3. The first-order chi connectivity index (χ1) is 11.6. The van der Waals surface area contributed by atoms with Crippen LogP contribution in [-0.4, -0.2) is 56.4 Å². The number of alkyl halides is 2. The summed E-state index contributed by atoms with van der Waals surface area (Å²) in [6.07, 6.45) is 4.08. The highest BCUT2D eigenvalue weighted by Crippen LogP contribution is 2.15. The third-order valence-electron chi connectivity index (χ3n) is 4.03. The van der Waals surface area contributed by atoms with Crippen molar-refractivity contribution in [2.24, 2.45) is 0 Å². The Bertz CT molecular complexity index is 765. The lowest BCUT2D eigenvalue weighted by Crippen LogP contribution is -2.49. The highest BCUT2D eigenvalue weighted by Gasteiger charge is 2.24. The van der Waals surface area contributed by atoms with Gasteiger partial charge in [-0.2, -0.15) is 8.78 Å². The maximum atomic E-state index is 12.8. The van der Waals surface area contributed by atoms with Crippen molar-refractivity contribution in [3.63, 3.8) is 0 Å². The average molecular weight is 337 g/mol. The van der Waals surface area contributed by atoms with Gasteiger partial charge in [0.25, 0.3) is 11.5 Å². The number of aromatic amines is 1. The van der Waals surface area contributed by atoms with Gasteiger partial charge < -0.3 is 9.88 Å². The molecule has 9 heteroatoms. The fraction of sp³-hybridized carbons (Fsp3) is 0.400. The number of rotatable bonds is 4. The van der Waals surface area contributed by atoms with Gasteiger partial charge in [-0.1, -0.05) is 0 Å². The number of pyridine rings is 1. The van der Waals surface area contributed by atoms with Crippen molar-refractivity contribution in [2.45, 2.75) is 13.1 Å². The molecule has 1 amide bonds. The minimum absolute atomic E-state index is 0.110. The van der Waals surface area contributed by atoms with E-state index in [4.69, 9.17) is 0 Å². The SMILES string of the molecule is O=C(c1ccc[nH]c1=O)N1CCN(Cc2nccn2C(F)F)CC1. The Morgan fingerprint density at radius 1 is 1.29 bits per heavy atom. The first-order valence-corrected chi connectivity index (χ1v) is 7.55. The van der Waals surface area contributed by atoms with Crippen molar-refractivity contribution in [2.75, 3.05) is 26.2 Å². The van der Waals surface area contributed by atoms with Gasteiger partial charge in [0.1, 0.15) is 11.4 Å². The number of piperazine rings is 1. The van der Waals surface area contributed by atoms with Crippen LogP contribution < -0.4 is 5.56 Å². The number of nitrogens with zero attached hydrogens (tertiary/aromatic N) is 4. The van der Waals surface area contributed by atoms with Crippen LogP contribution in [0.2, 0.25) is 0 Å². The second-order valence-corrected chi connectivity index (χ2v) is 5.51. The third-order valence-corrected chi connectivity index (χ3v) is 4.03.